The van der Waals surface area contributed by atoms with E-state index in [1.165, 1.54) is 16.7 Å². The Balaban J connectivity index is 2.08. The fraction of sp³-hybridized carbons (Fsp3) is 0.318. The zero-order chi connectivity index (χ0) is 17.8. The smallest absolute Gasteiger partial charge is 0.134 e. The second-order valence-electron chi connectivity index (χ2n) is 6.86. The molecule has 1 aliphatic heterocycles. The summed E-state index contributed by atoms with van der Waals surface area (Å²) in [6, 6.07) is 14.5. The van der Waals surface area contributed by atoms with Crippen LogP contribution in [-0.2, 0) is 17.8 Å². The van der Waals surface area contributed by atoms with Gasteiger partial charge in [0.1, 0.15) is 18.1 Å². The standard InChI is InChI=1S/C22H25NO2/c1-16(24)13-17-10-11-22-21(14-17)20(9-6-12-23(2)3)19-8-5-4-7-18(19)15-25-22/h4-5,7-11,14H,6,12-13,15H2,1-3H3/b20-9+. The van der Waals surface area contributed by atoms with E-state index < -0.39 is 0 Å². The Kier molecular flexibility index (Phi) is 5.34. The topological polar surface area (TPSA) is 29.5 Å². The molecule has 3 rings (SSSR count). The Morgan fingerprint density at radius 3 is 2.72 bits per heavy atom. The zero-order valence-corrected chi connectivity index (χ0v) is 15.2. The van der Waals surface area contributed by atoms with Crippen LogP contribution in [-0.4, -0.2) is 31.3 Å². The minimum absolute atomic E-state index is 0.174. The average molecular weight is 335 g/mol. The van der Waals surface area contributed by atoms with Crippen LogP contribution < -0.4 is 4.74 Å². The van der Waals surface area contributed by atoms with Crippen molar-refractivity contribution in [3.8, 4) is 5.75 Å². The van der Waals surface area contributed by atoms with E-state index in [1.54, 1.807) is 6.92 Å². The molecule has 130 valence electrons. The van der Waals surface area contributed by atoms with Gasteiger partial charge in [-0.1, -0.05) is 36.4 Å². The summed E-state index contributed by atoms with van der Waals surface area (Å²) in [5.41, 5.74) is 5.74. The van der Waals surface area contributed by atoms with Gasteiger partial charge in [-0.2, -0.15) is 0 Å². The molecule has 0 atom stereocenters. The highest BCUT2D eigenvalue weighted by atomic mass is 16.5. The molecule has 0 unspecified atom stereocenters. The predicted molar refractivity (Wildman–Crippen MR) is 102 cm³/mol. The summed E-state index contributed by atoms with van der Waals surface area (Å²) in [4.78, 5) is 13.7. The first-order valence-electron chi connectivity index (χ1n) is 8.73. The van der Waals surface area contributed by atoms with E-state index in [4.69, 9.17) is 4.74 Å². The van der Waals surface area contributed by atoms with Gasteiger partial charge in [0.15, 0.2) is 0 Å². The van der Waals surface area contributed by atoms with E-state index >= 15 is 0 Å². The minimum Gasteiger partial charge on any atom is -0.488 e. The van der Waals surface area contributed by atoms with Crippen LogP contribution in [0.1, 0.15) is 35.6 Å². The van der Waals surface area contributed by atoms with Crippen LogP contribution in [0.5, 0.6) is 5.75 Å². The number of Topliss-reactive ketones (excluding diaryl/α,β-unsaturated/α-hetero) is 1. The maximum absolute atomic E-state index is 11.5. The third kappa shape index (κ3) is 4.18. The van der Waals surface area contributed by atoms with Gasteiger partial charge in [0.2, 0.25) is 0 Å². The number of ketones is 1. The van der Waals surface area contributed by atoms with Crippen LogP contribution >= 0.6 is 0 Å². The van der Waals surface area contributed by atoms with E-state index in [0.717, 1.165) is 29.8 Å². The summed E-state index contributed by atoms with van der Waals surface area (Å²) in [5, 5.41) is 0. The Morgan fingerprint density at radius 1 is 1.16 bits per heavy atom. The number of carbonyl (C=O) groups excluding carboxylic acids is 1. The molecule has 0 aromatic heterocycles. The number of hydrogen-bond donors (Lipinski definition) is 0. The van der Waals surface area contributed by atoms with E-state index in [0.29, 0.717) is 13.0 Å². The van der Waals surface area contributed by atoms with Crippen molar-refractivity contribution in [1.29, 1.82) is 0 Å². The molecule has 1 aliphatic rings. The molecule has 0 bridgehead atoms. The van der Waals surface area contributed by atoms with Crippen LogP contribution in [0.2, 0.25) is 0 Å². The number of rotatable bonds is 5. The van der Waals surface area contributed by atoms with Crippen molar-refractivity contribution in [3.05, 3.63) is 70.8 Å². The first-order chi connectivity index (χ1) is 12.0. The lowest BCUT2D eigenvalue weighted by Gasteiger charge is -2.13. The van der Waals surface area contributed by atoms with Crippen molar-refractivity contribution >= 4 is 11.4 Å². The normalized spacial score (nSPS) is 14.6. The van der Waals surface area contributed by atoms with Crippen molar-refractivity contribution in [2.24, 2.45) is 0 Å². The van der Waals surface area contributed by atoms with Gasteiger partial charge >= 0.3 is 0 Å². The van der Waals surface area contributed by atoms with Gasteiger partial charge in [0, 0.05) is 18.5 Å². The lowest BCUT2D eigenvalue weighted by atomic mass is 9.92. The first kappa shape index (κ1) is 17.4. The Labute approximate surface area is 149 Å². The van der Waals surface area contributed by atoms with Crippen molar-refractivity contribution in [2.75, 3.05) is 20.6 Å². The molecule has 0 radical (unpaired) electrons. The molecule has 0 spiro atoms. The molecular weight excluding hydrogens is 310 g/mol. The van der Waals surface area contributed by atoms with Gasteiger partial charge in [-0.3, -0.25) is 4.79 Å². The number of ether oxygens (including phenoxy) is 1. The van der Waals surface area contributed by atoms with Gasteiger partial charge < -0.3 is 9.64 Å². The highest BCUT2D eigenvalue weighted by Gasteiger charge is 2.19. The average Bonchev–Trinajstić information content (AvgIpc) is 2.72. The molecular formula is C22H25NO2. The highest BCUT2D eigenvalue weighted by Crippen LogP contribution is 2.37. The summed E-state index contributed by atoms with van der Waals surface area (Å²) >= 11 is 0. The molecule has 0 amide bonds. The third-order valence-corrected chi connectivity index (χ3v) is 4.40. The molecule has 2 aromatic rings. The second kappa shape index (κ2) is 7.66. The maximum Gasteiger partial charge on any atom is 0.134 e. The Morgan fingerprint density at radius 2 is 1.96 bits per heavy atom. The van der Waals surface area contributed by atoms with E-state index in [-0.39, 0.29) is 5.78 Å². The second-order valence-corrected chi connectivity index (χ2v) is 6.86. The molecule has 0 fully saturated rings. The van der Waals surface area contributed by atoms with Crippen molar-refractivity contribution < 1.29 is 9.53 Å². The molecule has 2 aromatic carbocycles. The molecule has 0 saturated heterocycles. The molecule has 3 heteroatoms. The molecule has 3 nitrogen and oxygen atoms in total. The van der Waals surface area contributed by atoms with Crippen molar-refractivity contribution in [3.63, 3.8) is 0 Å². The Hall–Kier alpha value is -2.39. The number of nitrogens with zero attached hydrogens (tertiary/aromatic N) is 1. The SMILES string of the molecule is CC(=O)Cc1ccc2c(c1)/C(=C/CCN(C)C)c1ccccc1CO2. The molecule has 25 heavy (non-hydrogen) atoms. The number of hydrogen-bond acceptors (Lipinski definition) is 3. The molecule has 0 saturated carbocycles. The van der Waals surface area contributed by atoms with Gasteiger partial charge in [0.25, 0.3) is 0 Å². The zero-order valence-electron chi connectivity index (χ0n) is 15.2. The van der Waals surface area contributed by atoms with E-state index in [9.17, 15) is 4.79 Å². The predicted octanol–water partition coefficient (Wildman–Crippen LogP) is 4.09. The summed E-state index contributed by atoms with van der Waals surface area (Å²) < 4.78 is 6.06. The van der Waals surface area contributed by atoms with Crippen molar-refractivity contribution in [1.82, 2.24) is 4.90 Å². The number of benzene rings is 2. The van der Waals surface area contributed by atoms with Gasteiger partial charge in [-0.05, 0) is 61.8 Å². The fourth-order valence-electron chi connectivity index (χ4n) is 3.21. The molecule has 0 aliphatic carbocycles. The highest BCUT2D eigenvalue weighted by molar-refractivity contribution is 5.86. The van der Waals surface area contributed by atoms with Gasteiger partial charge in [0.05, 0.1) is 0 Å². The lowest BCUT2D eigenvalue weighted by Crippen LogP contribution is -2.12. The lowest BCUT2D eigenvalue weighted by molar-refractivity contribution is -0.116. The number of fused-ring (bicyclic) bond motifs is 2. The summed E-state index contributed by atoms with van der Waals surface area (Å²) in [7, 11) is 4.17. The van der Waals surface area contributed by atoms with E-state index in [2.05, 4.69) is 55.4 Å². The Bertz CT molecular complexity index is 805. The maximum atomic E-state index is 11.5. The van der Waals surface area contributed by atoms with E-state index in [1.807, 2.05) is 12.1 Å². The van der Waals surface area contributed by atoms with Crippen LogP contribution in [0.15, 0.2) is 48.5 Å². The van der Waals surface area contributed by atoms with Gasteiger partial charge in [-0.15, -0.1) is 0 Å². The minimum atomic E-state index is 0.174. The molecule has 1 heterocycles. The monoisotopic (exact) mass is 335 g/mol. The summed E-state index contributed by atoms with van der Waals surface area (Å²) in [6.45, 7) is 3.19. The van der Waals surface area contributed by atoms with Crippen molar-refractivity contribution in [2.45, 2.75) is 26.4 Å². The van der Waals surface area contributed by atoms with Crippen LogP contribution in [0, 0.1) is 0 Å². The fourth-order valence-corrected chi connectivity index (χ4v) is 3.21. The van der Waals surface area contributed by atoms with Crippen LogP contribution in [0.4, 0.5) is 0 Å². The summed E-state index contributed by atoms with van der Waals surface area (Å²) in [5.74, 6) is 1.06. The largest absolute Gasteiger partial charge is 0.488 e. The quantitative estimate of drug-likeness (QED) is 0.824. The number of carbonyl (C=O) groups is 1. The third-order valence-electron chi connectivity index (χ3n) is 4.40. The van der Waals surface area contributed by atoms with Crippen LogP contribution in [0.25, 0.3) is 5.57 Å². The summed E-state index contributed by atoms with van der Waals surface area (Å²) in [6.07, 6.45) is 3.72. The molecule has 0 N–H and O–H groups in total. The first-order valence-corrected chi connectivity index (χ1v) is 8.73. The van der Waals surface area contributed by atoms with Crippen LogP contribution in [0.3, 0.4) is 0 Å². The van der Waals surface area contributed by atoms with Gasteiger partial charge in [-0.25, -0.2) is 0 Å².